The molecular formula is C12H19NO6. The fraction of sp³-hybridized carbons (Fsp3) is 0.750. The number of carboxylic acid groups (broad SMARTS) is 2. The van der Waals surface area contributed by atoms with Gasteiger partial charge in [0.2, 0.25) is 0 Å². The Morgan fingerprint density at radius 3 is 1.79 bits per heavy atom. The first-order valence-electron chi connectivity index (χ1n) is 6.03. The summed E-state index contributed by atoms with van der Waals surface area (Å²) in [5.41, 5.74) is -2.43. The highest BCUT2D eigenvalue weighted by Crippen LogP contribution is 2.32. The molecule has 1 rings (SSSR count). The summed E-state index contributed by atoms with van der Waals surface area (Å²) < 4.78 is 5.16. The Hall–Kier alpha value is -1.79. The van der Waals surface area contributed by atoms with Crippen LogP contribution < -0.4 is 0 Å². The molecule has 7 nitrogen and oxygen atoms in total. The fourth-order valence-electron chi connectivity index (χ4n) is 1.92. The fourth-order valence-corrected chi connectivity index (χ4v) is 1.92. The Morgan fingerprint density at radius 2 is 1.47 bits per heavy atom. The summed E-state index contributed by atoms with van der Waals surface area (Å²) >= 11 is 0. The van der Waals surface area contributed by atoms with E-state index in [-0.39, 0.29) is 25.9 Å². The van der Waals surface area contributed by atoms with Crippen LogP contribution in [-0.2, 0) is 14.3 Å². The molecule has 0 unspecified atom stereocenters. The number of rotatable bonds is 2. The monoisotopic (exact) mass is 273 g/mol. The lowest BCUT2D eigenvalue weighted by Gasteiger charge is -2.36. The first kappa shape index (κ1) is 15.3. The molecule has 1 amide bonds. The minimum absolute atomic E-state index is 0.0630. The third-order valence-electron chi connectivity index (χ3n) is 3.09. The standard InChI is InChI=1S/C12H19NO6/c1-11(2,3)19-10(18)13-6-4-12(5-7-13,8(14)15)9(16)17/h4-7H2,1-3H3,(H,14,15)(H,16,17). The van der Waals surface area contributed by atoms with Gasteiger partial charge in [0.15, 0.2) is 5.41 Å². The average molecular weight is 273 g/mol. The van der Waals surface area contributed by atoms with Crippen molar-refractivity contribution in [1.29, 1.82) is 0 Å². The molecule has 7 heteroatoms. The molecule has 0 aromatic heterocycles. The zero-order valence-corrected chi connectivity index (χ0v) is 11.3. The van der Waals surface area contributed by atoms with Gasteiger partial charge < -0.3 is 19.8 Å². The highest BCUT2D eigenvalue weighted by molar-refractivity contribution is 5.98. The van der Waals surface area contributed by atoms with E-state index < -0.39 is 29.0 Å². The molecule has 1 aliphatic rings. The van der Waals surface area contributed by atoms with Crippen LogP contribution in [0.4, 0.5) is 4.79 Å². The van der Waals surface area contributed by atoms with Crippen molar-refractivity contribution in [3.63, 3.8) is 0 Å². The maximum Gasteiger partial charge on any atom is 0.410 e. The number of carbonyl (C=O) groups excluding carboxylic acids is 1. The van der Waals surface area contributed by atoms with Crippen LogP contribution in [0.15, 0.2) is 0 Å². The first-order chi connectivity index (χ1) is 8.58. The number of carboxylic acids is 2. The minimum Gasteiger partial charge on any atom is -0.480 e. The predicted octanol–water partition coefficient (Wildman–Crippen LogP) is 1.17. The Morgan fingerprint density at radius 1 is 1.05 bits per heavy atom. The summed E-state index contributed by atoms with van der Waals surface area (Å²) in [7, 11) is 0. The Bertz CT molecular complexity index is 374. The maximum atomic E-state index is 11.8. The lowest BCUT2D eigenvalue weighted by molar-refractivity contribution is -0.168. The SMILES string of the molecule is CC(C)(C)OC(=O)N1CCC(C(=O)O)(C(=O)O)CC1. The van der Waals surface area contributed by atoms with Crippen molar-refractivity contribution >= 4 is 18.0 Å². The quantitative estimate of drug-likeness (QED) is 0.732. The van der Waals surface area contributed by atoms with Crippen LogP contribution in [0.2, 0.25) is 0 Å². The van der Waals surface area contributed by atoms with Crippen LogP contribution in [0.5, 0.6) is 0 Å². The normalized spacial score (nSPS) is 18.8. The second kappa shape index (κ2) is 5.07. The average Bonchev–Trinajstić information content (AvgIpc) is 2.26. The highest BCUT2D eigenvalue weighted by atomic mass is 16.6. The summed E-state index contributed by atoms with van der Waals surface area (Å²) in [6.45, 7) is 5.32. The van der Waals surface area contributed by atoms with Gasteiger partial charge in [0.1, 0.15) is 5.60 Å². The van der Waals surface area contributed by atoms with E-state index in [0.29, 0.717) is 0 Å². The lowest BCUT2D eigenvalue weighted by Crippen LogP contribution is -2.51. The third-order valence-corrected chi connectivity index (χ3v) is 3.09. The van der Waals surface area contributed by atoms with Crippen LogP contribution in [0.25, 0.3) is 0 Å². The minimum atomic E-state index is -1.79. The second-order valence-electron chi connectivity index (χ2n) is 5.66. The molecule has 108 valence electrons. The molecule has 1 heterocycles. The highest BCUT2D eigenvalue weighted by Gasteiger charge is 2.49. The first-order valence-corrected chi connectivity index (χ1v) is 6.03. The van der Waals surface area contributed by atoms with E-state index in [2.05, 4.69) is 0 Å². The molecule has 2 N–H and O–H groups in total. The van der Waals surface area contributed by atoms with E-state index in [4.69, 9.17) is 14.9 Å². The molecule has 19 heavy (non-hydrogen) atoms. The number of amides is 1. The maximum absolute atomic E-state index is 11.8. The van der Waals surface area contributed by atoms with Gasteiger partial charge in [-0.3, -0.25) is 9.59 Å². The molecule has 1 fully saturated rings. The van der Waals surface area contributed by atoms with Crippen LogP contribution in [0.1, 0.15) is 33.6 Å². The zero-order chi connectivity index (χ0) is 14.8. The van der Waals surface area contributed by atoms with Crippen molar-refractivity contribution in [2.75, 3.05) is 13.1 Å². The van der Waals surface area contributed by atoms with Crippen molar-refractivity contribution < 1.29 is 29.3 Å². The predicted molar refractivity (Wildman–Crippen MR) is 64.7 cm³/mol. The Kier molecular flexibility index (Phi) is 4.07. The van der Waals surface area contributed by atoms with Gasteiger partial charge in [-0.15, -0.1) is 0 Å². The van der Waals surface area contributed by atoms with Gasteiger partial charge in [-0.2, -0.15) is 0 Å². The summed E-state index contributed by atoms with van der Waals surface area (Å²) in [4.78, 5) is 35.3. The van der Waals surface area contributed by atoms with Crippen LogP contribution >= 0.6 is 0 Å². The van der Waals surface area contributed by atoms with Crippen molar-refractivity contribution in [2.24, 2.45) is 5.41 Å². The molecule has 1 saturated heterocycles. The van der Waals surface area contributed by atoms with Gasteiger partial charge in [0.05, 0.1) is 0 Å². The van der Waals surface area contributed by atoms with Crippen molar-refractivity contribution in [3.05, 3.63) is 0 Å². The van der Waals surface area contributed by atoms with Gasteiger partial charge in [-0.25, -0.2) is 4.79 Å². The largest absolute Gasteiger partial charge is 0.480 e. The molecule has 1 aliphatic heterocycles. The number of ether oxygens (including phenoxy) is 1. The number of aliphatic carboxylic acids is 2. The van der Waals surface area contributed by atoms with Crippen molar-refractivity contribution in [1.82, 2.24) is 4.90 Å². The van der Waals surface area contributed by atoms with Gasteiger partial charge in [0, 0.05) is 13.1 Å². The van der Waals surface area contributed by atoms with Crippen molar-refractivity contribution in [2.45, 2.75) is 39.2 Å². The molecule has 0 aromatic rings. The van der Waals surface area contributed by atoms with Gasteiger partial charge in [-0.05, 0) is 33.6 Å². The zero-order valence-electron chi connectivity index (χ0n) is 11.3. The number of carbonyl (C=O) groups is 3. The summed E-state index contributed by atoms with van der Waals surface area (Å²) in [5, 5.41) is 18.1. The summed E-state index contributed by atoms with van der Waals surface area (Å²) in [5.74, 6) is -2.72. The third kappa shape index (κ3) is 3.36. The topological polar surface area (TPSA) is 104 Å². The van der Waals surface area contributed by atoms with E-state index in [9.17, 15) is 14.4 Å². The molecule has 0 spiro atoms. The smallest absolute Gasteiger partial charge is 0.410 e. The number of likely N-dealkylation sites (tertiary alicyclic amines) is 1. The van der Waals surface area contributed by atoms with Gasteiger partial charge in [0.25, 0.3) is 0 Å². The number of piperidine rings is 1. The molecule has 0 radical (unpaired) electrons. The molecular weight excluding hydrogens is 254 g/mol. The number of nitrogens with zero attached hydrogens (tertiary/aromatic N) is 1. The Balaban J connectivity index is 2.69. The molecule has 0 bridgehead atoms. The molecule has 0 saturated carbocycles. The van der Waals surface area contributed by atoms with E-state index in [1.54, 1.807) is 20.8 Å². The van der Waals surface area contributed by atoms with Gasteiger partial charge >= 0.3 is 18.0 Å². The number of hydrogen-bond donors (Lipinski definition) is 2. The lowest BCUT2D eigenvalue weighted by atomic mass is 9.78. The van der Waals surface area contributed by atoms with E-state index in [1.165, 1.54) is 4.90 Å². The second-order valence-corrected chi connectivity index (χ2v) is 5.66. The summed E-state index contributed by atoms with van der Waals surface area (Å²) in [6, 6.07) is 0. The van der Waals surface area contributed by atoms with Gasteiger partial charge in [-0.1, -0.05) is 0 Å². The van der Waals surface area contributed by atoms with E-state index >= 15 is 0 Å². The van der Waals surface area contributed by atoms with Crippen molar-refractivity contribution in [3.8, 4) is 0 Å². The van der Waals surface area contributed by atoms with E-state index in [1.807, 2.05) is 0 Å². The van der Waals surface area contributed by atoms with Crippen LogP contribution in [-0.4, -0.2) is 51.8 Å². The molecule has 0 atom stereocenters. The molecule has 0 aromatic carbocycles. The number of hydrogen-bond acceptors (Lipinski definition) is 4. The Labute approximate surface area is 111 Å². The molecule has 0 aliphatic carbocycles. The van der Waals surface area contributed by atoms with E-state index in [0.717, 1.165) is 0 Å². The van der Waals surface area contributed by atoms with Crippen LogP contribution in [0, 0.1) is 5.41 Å². The summed E-state index contributed by atoms with van der Waals surface area (Å²) in [6.07, 6.45) is -0.773. The van der Waals surface area contributed by atoms with Crippen LogP contribution in [0.3, 0.4) is 0 Å².